The van der Waals surface area contributed by atoms with Crippen molar-refractivity contribution in [3.05, 3.63) is 60.2 Å². The number of ether oxygens (including phenoxy) is 1. The Kier molecular flexibility index (Phi) is 5.74. The number of hydrogen-bond acceptors (Lipinski definition) is 3. The molecule has 1 N–H and O–H groups in total. The second-order valence-corrected chi connectivity index (χ2v) is 5.77. The Labute approximate surface area is 136 Å². The largest absolute Gasteiger partial charge is 0.481 e. The van der Waals surface area contributed by atoms with Gasteiger partial charge in [-0.2, -0.15) is 0 Å². The molecule has 0 aromatic heterocycles. The van der Waals surface area contributed by atoms with E-state index in [1.54, 1.807) is 24.3 Å². The van der Waals surface area contributed by atoms with Crippen molar-refractivity contribution in [1.29, 1.82) is 0 Å². The molecule has 0 bridgehead atoms. The van der Waals surface area contributed by atoms with Crippen molar-refractivity contribution in [2.24, 2.45) is 11.3 Å². The van der Waals surface area contributed by atoms with Gasteiger partial charge in [0.1, 0.15) is 12.0 Å². The average molecular weight is 314 g/mol. The van der Waals surface area contributed by atoms with Gasteiger partial charge in [-0.05, 0) is 12.0 Å². The average Bonchev–Trinajstić information content (AvgIpc) is 2.58. The summed E-state index contributed by atoms with van der Waals surface area (Å²) in [6, 6.07) is 9.39. The van der Waals surface area contributed by atoms with Crippen molar-refractivity contribution in [2.45, 2.75) is 32.8 Å². The van der Waals surface area contributed by atoms with Crippen LogP contribution in [0.4, 0.5) is 0 Å². The predicted octanol–water partition coefficient (Wildman–Crippen LogP) is 3.73. The fraction of sp³-hybridized carbons (Fsp3) is 0.368. The van der Waals surface area contributed by atoms with Gasteiger partial charge in [-0.25, -0.2) is 0 Å². The summed E-state index contributed by atoms with van der Waals surface area (Å²) in [5, 5.41) is 9.51. The van der Waals surface area contributed by atoms with E-state index in [0.717, 1.165) is 18.4 Å². The van der Waals surface area contributed by atoms with E-state index in [1.165, 1.54) is 0 Å². The molecular formula is C19H22O4. The Hall–Kier alpha value is -2.36. The molecule has 4 heteroatoms. The third-order valence-corrected chi connectivity index (χ3v) is 4.17. The minimum Gasteiger partial charge on any atom is -0.481 e. The first-order valence-electron chi connectivity index (χ1n) is 7.90. The molecule has 0 aliphatic heterocycles. The smallest absolute Gasteiger partial charge is 0.317 e. The zero-order chi connectivity index (χ0) is 16.7. The van der Waals surface area contributed by atoms with Gasteiger partial charge in [0.15, 0.2) is 0 Å². The molecule has 1 aromatic rings. The number of carboxylic acids is 1. The Morgan fingerprint density at radius 3 is 2.61 bits per heavy atom. The minimum atomic E-state index is -1.12. The number of hydrogen-bond donors (Lipinski definition) is 1. The lowest BCUT2D eigenvalue weighted by Gasteiger charge is -2.34. The number of benzene rings is 1. The highest BCUT2D eigenvalue weighted by Gasteiger charge is 2.47. The molecule has 0 saturated carbocycles. The Balaban J connectivity index is 2.19. The zero-order valence-electron chi connectivity index (χ0n) is 13.3. The summed E-state index contributed by atoms with van der Waals surface area (Å²) in [6.07, 6.45) is 8.79. The molecule has 23 heavy (non-hydrogen) atoms. The molecule has 0 heterocycles. The summed E-state index contributed by atoms with van der Waals surface area (Å²) in [5.74, 6) is -2.36. The molecule has 0 saturated heterocycles. The third-order valence-electron chi connectivity index (χ3n) is 4.17. The number of aliphatic carboxylic acids is 1. The first kappa shape index (κ1) is 17.0. The van der Waals surface area contributed by atoms with E-state index in [4.69, 9.17) is 4.74 Å². The van der Waals surface area contributed by atoms with Crippen LogP contribution >= 0.6 is 0 Å². The minimum absolute atomic E-state index is 0.150. The predicted molar refractivity (Wildman–Crippen MR) is 87.6 cm³/mol. The summed E-state index contributed by atoms with van der Waals surface area (Å²) in [6.45, 7) is 2.17. The van der Waals surface area contributed by atoms with Crippen molar-refractivity contribution in [1.82, 2.24) is 0 Å². The Morgan fingerprint density at radius 2 is 1.96 bits per heavy atom. The lowest BCUT2D eigenvalue weighted by atomic mass is 9.69. The number of carbonyl (C=O) groups excluding carboxylic acids is 1. The highest BCUT2D eigenvalue weighted by molar-refractivity contribution is 5.88. The summed E-state index contributed by atoms with van der Waals surface area (Å²) in [4.78, 5) is 24.4. The van der Waals surface area contributed by atoms with Crippen LogP contribution in [0, 0.1) is 11.3 Å². The molecular weight excluding hydrogens is 292 g/mol. The molecule has 0 spiro atoms. The van der Waals surface area contributed by atoms with Crippen LogP contribution in [0.3, 0.4) is 0 Å². The van der Waals surface area contributed by atoms with Crippen molar-refractivity contribution in [3.8, 4) is 0 Å². The number of esters is 1. The highest BCUT2D eigenvalue weighted by Crippen LogP contribution is 2.40. The first-order valence-corrected chi connectivity index (χ1v) is 7.90. The van der Waals surface area contributed by atoms with Crippen LogP contribution in [0.25, 0.3) is 0 Å². The second-order valence-electron chi connectivity index (χ2n) is 5.77. The molecule has 0 fully saturated rings. The second kappa shape index (κ2) is 7.77. The van der Waals surface area contributed by atoms with Crippen molar-refractivity contribution < 1.29 is 19.4 Å². The molecule has 0 radical (unpaired) electrons. The molecule has 2 unspecified atom stereocenters. The van der Waals surface area contributed by atoms with Gasteiger partial charge in [0.2, 0.25) is 0 Å². The van der Waals surface area contributed by atoms with Crippen molar-refractivity contribution in [3.63, 3.8) is 0 Å². The number of unbranched alkanes of at least 4 members (excludes halogenated alkanes) is 1. The number of allylic oxidation sites excluding steroid dienone is 2. The van der Waals surface area contributed by atoms with Crippen LogP contribution < -0.4 is 0 Å². The van der Waals surface area contributed by atoms with E-state index in [9.17, 15) is 14.7 Å². The summed E-state index contributed by atoms with van der Waals surface area (Å²) in [5.41, 5.74) is -0.237. The van der Waals surface area contributed by atoms with Crippen LogP contribution in [0.5, 0.6) is 0 Å². The normalized spacial score (nSPS) is 22.7. The van der Waals surface area contributed by atoms with Crippen molar-refractivity contribution in [2.75, 3.05) is 0 Å². The van der Waals surface area contributed by atoms with Gasteiger partial charge in [-0.1, -0.05) is 74.4 Å². The first-order chi connectivity index (χ1) is 11.1. The van der Waals surface area contributed by atoms with Gasteiger partial charge in [0.25, 0.3) is 0 Å². The lowest BCUT2D eigenvalue weighted by molar-refractivity contribution is -0.163. The van der Waals surface area contributed by atoms with E-state index in [1.807, 2.05) is 37.3 Å². The maximum Gasteiger partial charge on any atom is 0.317 e. The van der Waals surface area contributed by atoms with Gasteiger partial charge in [0.05, 0.1) is 5.92 Å². The Morgan fingerprint density at radius 1 is 1.22 bits per heavy atom. The molecule has 2 atom stereocenters. The van der Waals surface area contributed by atoms with Crippen LogP contribution in [-0.4, -0.2) is 17.0 Å². The zero-order valence-corrected chi connectivity index (χ0v) is 13.3. The summed E-state index contributed by atoms with van der Waals surface area (Å²) >= 11 is 0. The molecule has 1 aromatic carbocycles. The van der Waals surface area contributed by atoms with Gasteiger partial charge in [0, 0.05) is 0 Å². The van der Waals surface area contributed by atoms with E-state index < -0.39 is 23.3 Å². The molecule has 0 amide bonds. The van der Waals surface area contributed by atoms with Crippen LogP contribution in [0.1, 0.15) is 31.7 Å². The van der Waals surface area contributed by atoms with E-state index >= 15 is 0 Å². The van der Waals surface area contributed by atoms with Crippen LogP contribution in [0.2, 0.25) is 0 Å². The SMILES string of the molecule is CCCCC1(C(=O)OCc2ccccc2)C=CC=CC1C(=O)O. The van der Waals surface area contributed by atoms with Gasteiger partial charge >= 0.3 is 11.9 Å². The highest BCUT2D eigenvalue weighted by atomic mass is 16.5. The van der Waals surface area contributed by atoms with Crippen molar-refractivity contribution >= 4 is 11.9 Å². The lowest BCUT2D eigenvalue weighted by Crippen LogP contribution is -2.42. The Bertz CT molecular complexity index is 603. The topological polar surface area (TPSA) is 63.6 Å². The van der Waals surface area contributed by atoms with Crippen LogP contribution in [-0.2, 0) is 20.9 Å². The fourth-order valence-corrected chi connectivity index (χ4v) is 2.84. The van der Waals surface area contributed by atoms with E-state index in [0.29, 0.717) is 6.42 Å². The molecule has 122 valence electrons. The molecule has 4 nitrogen and oxygen atoms in total. The molecule has 2 rings (SSSR count). The molecule has 1 aliphatic carbocycles. The number of rotatable bonds is 7. The maximum atomic E-state index is 12.7. The summed E-state index contributed by atoms with van der Waals surface area (Å²) in [7, 11) is 0. The monoisotopic (exact) mass is 314 g/mol. The van der Waals surface area contributed by atoms with Gasteiger partial charge in [-0.15, -0.1) is 0 Å². The molecule has 1 aliphatic rings. The van der Waals surface area contributed by atoms with Crippen LogP contribution in [0.15, 0.2) is 54.6 Å². The van der Waals surface area contributed by atoms with E-state index in [-0.39, 0.29) is 6.61 Å². The van der Waals surface area contributed by atoms with E-state index in [2.05, 4.69) is 0 Å². The number of carboxylic acid groups (broad SMARTS) is 1. The fourth-order valence-electron chi connectivity index (χ4n) is 2.84. The number of carbonyl (C=O) groups is 2. The standard InChI is InChI=1S/C19H22O4/c1-2-3-12-19(13-8-7-11-16(19)17(20)21)18(22)23-14-15-9-5-4-6-10-15/h4-11,13,16H,2-3,12,14H2,1H3,(H,20,21). The van der Waals surface area contributed by atoms with Gasteiger partial charge < -0.3 is 9.84 Å². The van der Waals surface area contributed by atoms with Gasteiger partial charge in [-0.3, -0.25) is 9.59 Å². The summed E-state index contributed by atoms with van der Waals surface area (Å²) < 4.78 is 5.46. The quantitative estimate of drug-likeness (QED) is 0.779. The maximum absolute atomic E-state index is 12.7. The third kappa shape index (κ3) is 3.89.